The topological polar surface area (TPSA) is 43.8 Å². The molecule has 0 aliphatic heterocycles. The Morgan fingerprint density at radius 3 is 2.88 bits per heavy atom. The van der Waals surface area contributed by atoms with E-state index in [9.17, 15) is 4.39 Å². The minimum atomic E-state index is -0.264. The van der Waals surface area contributed by atoms with Crippen molar-refractivity contribution < 1.29 is 4.39 Å². The van der Waals surface area contributed by atoms with E-state index in [-0.39, 0.29) is 5.82 Å². The number of hydrogen-bond acceptors (Lipinski definition) is 2. The van der Waals surface area contributed by atoms with Gasteiger partial charge in [-0.05, 0) is 24.6 Å². The van der Waals surface area contributed by atoms with E-state index in [4.69, 9.17) is 5.73 Å². The lowest BCUT2D eigenvalue weighted by Crippen LogP contribution is -2.15. The molecule has 1 heterocycles. The first-order valence-electron chi connectivity index (χ1n) is 5.43. The van der Waals surface area contributed by atoms with Crippen LogP contribution in [0.3, 0.4) is 0 Å². The number of aromatic nitrogens is 2. The van der Waals surface area contributed by atoms with Crippen molar-refractivity contribution in [2.24, 2.45) is 18.7 Å². The van der Waals surface area contributed by atoms with E-state index < -0.39 is 0 Å². The highest BCUT2D eigenvalue weighted by Crippen LogP contribution is 2.19. The second-order valence-electron chi connectivity index (χ2n) is 4.24. The summed E-state index contributed by atoms with van der Waals surface area (Å²) in [6, 6.07) is 5.02. The minimum Gasteiger partial charge on any atom is -0.331 e. The van der Waals surface area contributed by atoms with Crippen molar-refractivity contribution in [2.75, 3.05) is 6.54 Å². The highest BCUT2D eigenvalue weighted by molar-refractivity contribution is 5.76. The summed E-state index contributed by atoms with van der Waals surface area (Å²) in [6.45, 7) is 2.68. The number of aryl methyl sites for hydroxylation is 1. The van der Waals surface area contributed by atoms with Gasteiger partial charge in [0.25, 0.3) is 0 Å². The van der Waals surface area contributed by atoms with Crippen LogP contribution >= 0.6 is 0 Å². The first-order valence-corrected chi connectivity index (χ1v) is 5.43. The Morgan fingerprint density at radius 1 is 1.50 bits per heavy atom. The van der Waals surface area contributed by atoms with Crippen molar-refractivity contribution in [1.82, 2.24) is 9.55 Å². The maximum Gasteiger partial charge on any atom is 0.151 e. The molecule has 3 nitrogen and oxygen atoms in total. The fourth-order valence-corrected chi connectivity index (χ4v) is 1.81. The zero-order valence-corrected chi connectivity index (χ0v) is 9.57. The molecule has 16 heavy (non-hydrogen) atoms. The fraction of sp³-hybridized carbons (Fsp3) is 0.417. The molecule has 0 amide bonds. The van der Waals surface area contributed by atoms with E-state index in [1.807, 2.05) is 17.7 Å². The van der Waals surface area contributed by atoms with Gasteiger partial charge in [-0.1, -0.05) is 13.0 Å². The zero-order chi connectivity index (χ0) is 11.7. The molecule has 0 bridgehead atoms. The number of para-hydroxylation sites is 1. The maximum atomic E-state index is 13.5. The number of rotatable bonds is 3. The first kappa shape index (κ1) is 11.1. The molecule has 2 N–H and O–H groups in total. The molecule has 1 atom stereocenters. The Hall–Kier alpha value is -1.42. The number of hydrogen-bond donors (Lipinski definition) is 1. The molecular weight excluding hydrogens is 205 g/mol. The van der Waals surface area contributed by atoms with Crippen LogP contribution in [0.1, 0.15) is 12.7 Å². The molecule has 1 aromatic carbocycles. The standard InChI is InChI=1S/C12H16FN3/c1-8(7-14)6-11-15-12-9(13)4-3-5-10(12)16(11)2/h3-5,8H,6-7,14H2,1-2H3. The molecule has 0 fully saturated rings. The van der Waals surface area contributed by atoms with Gasteiger partial charge in [-0.25, -0.2) is 9.37 Å². The number of fused-ring (bicyclic) bond motifs is 1. The van der Waals surface area contributed by atoms with E-state index in [0.717, 1.165) is 17.8 Å². The Morgan fingerprint density at radius 2 is 2.25 bits per heavy atom. The Labute approximate surface area is 94.1 Å². The van der Waals surface area contributed by atoms with Crippen molar-refractivity contribution in [3.63, 3.8) is 0 Å². The molecule has 86 valence electrons. The molecule has 4 heteroatoms. The van der Waals surface area contributed by atoms with Crippen molar-refractivity contribution in [2.45, 2.75) is 13.3 Å². The summed E-state index contributed by atoms with van der Waals surface area (Å²) in [5.74, 6) is 0.983. The van der Waals surface area contributed by atoms with Gasteiger partial charge >= 0.3 is 0 Å². The molecule has 1 unspecified atom stereocenters. The van der Waals surface area contributed by atoms with Crippen LogP contribution in [-0.2, 0) is 13.5 Å². The number of nitrogens with zero attached hydrogens (tertiary/aromatic N) is 2. The number of imidazole rings is 1. The lowest BCUT2D eigenvalue weighted by Gasteiger charge is -2.07. The van der Waals surface area contributed by atoms with E-state index in [1.54, 1.807) is 6.07 Å². The molecule has 0 aliphatic carbocycles. The normalized spacial score (nSPS) is 13.2. The van der Waals surface area contributed by atoms with Crippen LogP contribution in [-0.4, -0.2) is 16.1 Å². The van der Waals surface area contributed by atoms with Gasteiger partial charge in [0, 0.05) is 13.5 Å². The number of benzene rings is 1. The van der Waals surface area contributed by atoms with Crippen LogP contribution in [0.15, 0.2) is 18.2 Å². The summed E-state index contributed by atoms with van der Waals surface area (Å²) in [5, 5.41) is 0. The predicted octanol–water partition coefficient (Wildman–Crippen LogP) is 1.85. The SMILES string of the molecule is CC(CN)Cc1nc2c(F)cccc2n1C. The van der Waals surface area contributed by atoms with Crippen molar-refractivity contribution in [3.8, 4) is 0 Å². The summed E-state index contributed by atoms with van der Waals surface area (Å²) < 4.78 is 15.4. The van der Waals surface area contributed by atoms with Gasteiger partial charge < -0.3 is 10.3 Å². The fourth-order valence-electron chi connectivity index (χ4n) is 1.81. The summed E-state index contributed by atoms with van der Waals surface area (Å²) in [7, 11) is 1.91. The summed E-state index contributed by atoms with van der Waals surface area (Å²) >= 11 is 0. The average Bonchev–Trinajstić information content (AvgIpc) is 2.58. The molecule has 1 aromatic heterocycles. The Bertz CT molecular complexity index is 504. The number of nitrogens with two attached hydrogens (primary N) is 1. The quantitative estimate of drug-likeness (QED) is 0.859. The highest BCUT2D eigenvalue weighted by Gasteiger charge is 2.12. The molecular formula is C12H16FN3. The van der Waals surface area contributed by atoms with Crippen LogP contribution in [0.25, 0.3) is 11.0 Å². The third kappa shape index (κ3) is 1.80. The van der Waals surface area contributed by atoms with Gasteiger partial charge in [-0.15, -0.1) is 0 Å². The third-order valence-electron chi connectivity index (χ3n) is 2.89. The van der Waals surface area contributed by atoms with Crippen LogP contribution in [0.5, 0.6) is 0 Å². The van der Waals surface area contributed by atoms with E-state index in [2.05, 4.69) is 11.9 Å². The molecule has 0 aliphatic rings. The van der Waals surface area contributed by atoms with Crippen LogP contribution in [0.4, 0.5) is 4.39 Å². The van der Waals surface area contributed by atoms with Crippen molar-refractivity contribution in [3.05, 3.63) is 29.8 Å². The van der Waals surface area contributed by atoms with E-state index >= 15 is 0 Å². The molecule has 0 spiro atoms. The monoisotopic (exact) mass is 221 g/mol. The van der Waals surface area contributed by atoms with Gasteiger partial charge in [0.2, 0.25) is 0 Å². The lowest BCUT2D eigenvalue weighted by atomic mass is 10.1. The summed E-state index contributed by atoms with van der Waals surface area (Å²) in [5.41, 5.74) is 6.86. The average molecular weight is 221 g/mol. The van der Waals surface area contributed by atoms with Crippen molar-refractivity contribution >= 4 is 11.0 Å². The van der Waals surface area contributed by atoms with E-state index in [1.165, 1.54) is 6.07 Å². The number of halogens is 1. The molecule has 0 saturated carbocycles. The van der Waals surface area contributed by atoms with Crippen LogP contribution < -0.4 is 5.73 Å². The predicted molar refractivity (Wildman–Crippen MR) is 62.6 cm³/mol. The highest BCUT2D eigenvalue weighted by atomic mass is 19.1. The minimum absolute atomic E-state index is 0.264. The van der Waals surface area contributed by atoms with Gasteiger partial charge in [-0.2, -0.15) is 0 Å². The maximum absolute atomic E-state index is 13.5. The zero-order valence-electron chi connectivity index (χ0n) is 9.57. The summed E-state index contributed by atoms with van der Waals surface area (Å²) in [4.78, 5) is 4.33. The van der Waals surface area contributed by atoms with Crippen LogP contribution in [0, 0.1) is 11.7 Å². The van der Waals surface area contributed by atoms with Gasteiger partial charge in [0.05, 0.1) is 5.52 Å². The van der Waals surface area contributed by atoms with Crippen LogP contribution in [0.2, 0.25) is 0 Å². The lowest BCUT2D eigenvalue weighted by molar-refractivity contribution is 0.563. The second kappa shape index (κ2) is 4.22. The molecule has 2 aromatic rings. The molecule has 0 radical (unpaired) electrons. The van der Waals surface area contributed by atoms with Gasteiger partial charge in [-0.3, -0.25) is 0 Å². The molecule has 0 saturated heterocycles. The molecule has 2 rings (SSSR count). The Balaban J connectivity index is 2.48. The van der Waals surface area contributed by atoms with Crippen molar-refractivity contribution in [1.29, 1.82) is 0 Å². The largest absolute Gasteiger partial charge is 0.331 e. The third-order valence-corrected chi connectivity index (χ3v) is 2.89. The Kier molecular flexibility index (Phi) is 2.92. The second-order valence-corrected chi connectivity index (χ2v) is 4.24. The first-order chi connectivity index (χ1) is 7.63. The van der Waals surface area contributed by atoms with Gasteiger partial charge in [0.1, 0.15) is 11.3 Å². The smallest absolute Gasteiger partial charge is 0.151 e. The van der Waals surface area contributed by atoms with E-state index in [0.29, 0.717) is 18.0 Å². The van der Waals surface area contributed by atoms with Gasteiger partial charge in [0.15, 0.2) is 5.82 Å². The summed E-state index contributed by atoms with van der Waals surface area (Å²) in [6.07, 6.45) is 0.779.